The van der Waals surface area contributed by atoms with E-state index in [1.807, 2.05) is 90.5 Å². The number of nitrogens with zero attached hydrogens (tertiary/aromatic N) is 6. The third kappa shape index (κ3) is 6.39. The highest BCUT2D eigenvalue weighted by Crippen LogP contribution is 2.36. The van der Waals surface area contributed by atoms with Crippen LogP contribution in [0, 0.1) is 12.7 Å². The smallest absolute Gasteiger partial charge is 0.264 e. The second-order valence-corrected chi connectivity index (χ2v) is 13.6. The first-order valence-corrected chi connectivity index (χ1v) is 17.1. The molecule has 0 radical (unpaired) electrons. The molecule has 2 amide bonds. The van der Waals surface area contributed by atoms with Gasteiger partial charge in [-0.2, -0.15) is 0 Å². The van der Waals surface area contributed by atoms with E-state index < -0.39 is 5.82 Å². The van der Waals surface area contributed by atoms with Gasteiger partial charge in [-0.1, -0.05) is 24.3 Å². The number of phenolic OH excluding ortho intramolecular Hbond substituents is 1. The van der Waals surface area contributed by atoms with Crippen molar-refractivity contribution in [2.75, 3.05) is 25.5 Å². The summed E-state index contributed by atoms with van der Waals surface area (Å²) in [5.41, 5.74) is 6.64. The molecular weight excluding hydrogens is 643 g/mol. The number of rotatable bonds is 8. The highest BCUT2D eigenvalue weighted by Gasteiger charge is 2.31. The van der Waals surface area contributed by atoms with Crippen LogP contribution in [0.15, 0.2) is 97.3 Å². The largest absolute Gasteiger partial charge is 0.508 e. The maximum atomic E-state index is 15.2. The Kier molecular flexibility index (Phi) is 8.95. The molecule has 1 aliphatic rings. The average Bonchev–Trinajstić information content (AvgIpc) is 3.65. The number of aromatic nitrogens is 3. The van der Waals surface area contributed by atoms with E-state index in [0.29, 0.717) is 59.1 Å². The van der Waals surface area contributed by atoms with Gasteiger partial charge in [-0.25, -0.2) is 9.37 Å². The molecular formula is C41H41FN6O3. The van der Waals surface area contributed by atoms with Gasteiger partial charge in [-0.05, 0) is 106 Å². The number of likely N-dealkylation sites (N-methyl/N-ethyl adjacent to an activating group) is 1. The lowest BCUT2D eigenvalue weighted by Crippen LogP contribution is -2.42. The van der Waals surface area contributed by atoms with Crippen LogP contribution in [0.4, 0.5) is 15.8 Å². The molecule has 0 bridgehead atoms. The summed E-state index contributed by atoms with van der Waals surface area (Å²) < 4.78 is 19.1. The van der Waals surface area contributed by atoms with Gasteiger partial charge in [0, 0.05) is 72.5 Å². The van der Waals surface area contributed by atoms with Crippen LogP contribution in [0.3, 0.4) is 0 Å². The lowest BCUT2D eigenvalue weighted by molar-refractivity contribution is 0.0659. The van der Waals surface area contributed by atoms with Crippen LogP contribution in [0.5, 0.6) is 5.75 Å². The van der Waals surface area contributed by atoms with E-state index >= 15 is 4.39 Å². The van der Waals surface area contributed by atoms with E-state index in [4.69, 9.17) is 0 Å². The molecule has 6 aromatic rings. The lowest BCUT2D eigenvalue weighted by atomic mass is 9.93. The Hall–Kier alpha value is -5.74. The Morgan fingerprint density at radius 2 is 1.69 bits per heavy atom. The predicted molar refractivity (Wildman–Crippen MR) is 198 cm³/mol. The molecule has 0 saturated heterocycles. The molecule has 9 nitrogen and oxygen atoms in total. The van der Waals surface area contributed by atoms with Crippen LogP contribution in [0.2, 0.25) is 0 Å². The Morgan fingerprint density at radius 1 is 0.941 bits per heavy atom. The third-order valence-corrected chi connectivity index (χ3v) is 9.88. The molecule has 1 aliphatic heterocycles. The number of amides is 2. The van der Waals surface area contributed by atoms with E-state index in [2.05, 4.69) is 11.1 Å². The quantitative estimate of drug-likeness (QED) is 0.182. The summed E-state index contributed by atoms with van der Waals surface area (Å²) in [5.74, 6) is -0.917. The zero-order valence-corrected chi connectivity index (χ0v) is 29.5. The summed E-state index contributed by atoms with van der Waals surface area (Å²) in [4.78, 5) is 39.4. The molecule has 4 heterocycles. The van der Waals surface area contributed by atoms with Crippen molar-refractivity contribution >= 4 is 34.2 Å². The van der Waals surface area contributed by atoms with Gasteiger partial charge < -0.3 is 24.0 Å². The van der Waals surface area contributed by atoms with Gasteiger partial charge in [0.1, 0.15) is 17.2 Å². The number of hydrogen-bond acceptors (Lipinski definition) is 5. The molecule has 0 spiro atoms. The zero-order valence-electron chi connectivity index (χ0n) is 29.5. The first-order valence-electron chi connectivity index (χ1n) is 17.1. The Morgan fingerprint density at radius 3 is 2.43 bits per heavy atom. The first kappa shape index (κ1) is 33.7. The molecule has 260 valence electrons. The van der Waals surface area contributed by atoms with E-state index in [9.17, 15) is 14.7 Å². The number of carbonyl (C=O) groups is 2. The number of fused-ring (bicyclic) bond motifs is 2. The van der Waals surface area contributed by atoms with Crippen LogP contribution in [-0.4, -0.2) is 67.5 Å². The van der Waals surface area contributed by atoms with Crippen molar-refractivity contribution in [3.63, 3.8) is 0 Å². The summed E-state index contributed by atoms with van der Waals surface area (Å²) in [6, 6.07) is 24.4. The van der Waals surface area contributed by atoms with Crippen molar-refractivity contribution in [3.05, 3.63) is 131 Å². The van der Waals surface area contributed by atoms with Gasteiger partial charge in [0.2, 0.25) is 0 Å². The molecule has 0 fully saturated rings. The molecule has 1 atom stereocenters. The molecule has 0 saturated carbocycles. The highest BCUT2D eigenvalue weighted by molar-refractivity contribution is 6.13. The van der Waals surface area contributed by atoms with Crippen molar-refractivity contribution in [2.24, 2.45) is 7.05 Å². The summed E-state index contributed by atoms with van der Waals surface area (Å²) >= 11 is 0. The maximum absolute atomic E-state index is 15.2. The average molecular weight is 685 g/mol. The normalized spacial score (nSPS) is 14.3. The molecule has 1 N–H and O–H groups in total. The van der Waals surface area contributed by atoms with Gasteiger partial charge in [0.15, 0.2) is 0 Å². The standard InChI is InChI=1S/C41H41FN6O3/c1-26-20-28-8-6-7-9-30(28)25-47(26)40(50)35-15-10-31(42)22-37(35)38-23-36(27(2)46(38)19-18-44(3)4)41(51)48(32-11-13-34(49)14-12-32)33-21-29-16-17-45(5)39(29)43-24-33/h6-17,21-24,26,49H,18-20,25H2,1-5H3/t26-/m1/s1. The number of halogens is 1. The second kappa shape index (κ2) is 13.5. The number of aromatic hydroxyl groups is 1. The van der Waals surface area contributed by atoms with E-state index in [1.165, 1.54) is 29.8 Å². The number of aryl methyl sites for hydroxylation is 1. The van der Waals surface area contributed by atoms with Gasteiger partial charge in [0.05, 0.1) is 17.4 Å². The second-order valence-electron chi connectivity index (χ2n) is 13.6. The molecule has 0 unspecified atom stereocenters. The Labute approximate surface area is 296 Å². The number of hydrogen-bond donors (Lipinski definition) is 1. The fourth-order valence-electron chi connectivity index (χ4n) is 7.06. The van der Waals surface area contributed by atoms with Crippen molar-refractivity contribution in [2.45, 2.75) is 39.4 Å². The zero-order chi connectivity index (χ0) is 36.0. The summed E-state index contributed by atoms with van der Waals surface area (Å²) in [6.45, 7) is 5.52. The molecule has 0 aliphatic carbocycles. The lowest BCUT2D eigenvalue weighted by Gasteiger charge is -2.35. The summed E-state index contributed by atoms with van der Waals surface area (Å²) in [5, 5.41) is 11.0. The minimum Gasteiger partial charge on any atom is -0.508 e. The van der Waals surface area contributed by atoms with Crippen LogP contribution >= 0.6 is 0 Å². The van der Waals surface area contributed by atoms with Gasteiger partial charge in [-0.3, -0.25) is 14.5 Å². The number of anilines is 2. The van der Waals surface area contributed by atoms with E-state index in [1.54, 1.807) is 35.4 Å². The molecule has 7 rings (SSSR count). The Bertz CT molecular complexity index is 2270. The van der Waals surface area contributed by atoms with Crippen molar-refractivity contribution in [1.82, 2.24) is 23.9 Å². The SMILES string of the molecule is Cc1c(C(=O)N(c2ccc(O)cc2)c2cnc3c(ccn3C)c2)cc(-c2cc(F)ccc2C(=O)N2Cc3ccccc3C[C@H]2C)n1CCN(C)C. The van der Waals surface area contributed by atoms with E-state index in [0.717, 1.165) is 23.0 Å². The Balaban J connectivity index is 1.35. The van der Waals surface area contributed by atoms with E-state index in [-0.39, 0.29) is 23.6 Å². The number of carbonyl (C=O) groups excluding carboxylic acids is 2. The van der Waals surface area contributed by atoms with Crippen molar-refractivity contribution < 1.29 is 19.1 Å². The predicted octanol–water partition coefficient (Wildman–Crippen LogP) is 7.32. The fourth-order valence-corrected chi connectivity index (χ4v) is 7.06. The summed E-state index contributed by atoms with van der Waals surface area (Å²) in [7, 11) is 5.85. The van der Waals surface area contributed by atoms with Gasteiger partial charge >= 0.3 is 0 Å². The van der Waals surface area contributed by atoms with Crippen LogP contribution in [0.25, 0.3) is 22.3 Å². The van der Waals surface area contributed by atoms with Crippen molar-refractivity contribution in [1.29, 1.82) is 0 Å². The monoisotopic (exact) mass is 684 g/mol. The maximum Gasteiger partial charge on any atom is 0.264 e. The number of benzene rings is 3. The molecule has 3 aromatic carbocycles. The fraction of sp³-hybridized carbons (Fsp3) is 0.244. The molecule has 3 aromatic heterocycles. The molecule has 51 heavy (non-hydrogen) atoms. The van der Waals surface area contributed by atoms with Crippen LogP contribution in [0.1, 0.15) is 44.5 Å². The third-order valence-electron chi connectivity index (χ3n) is 9.88. The molecule has 10 heteroatoms. The first-order chi connectivity index (χ1) is 24.5. The van der Waals surface area contributed by atoms with Crippen molar-refractivity contribution in [3.8, 4) is 17.0 Å². The topological polar surface area (TPSA) is 86.8 Å². The van der Waals surface area contributed by atoms with Crippen LogP contribution < -0.4 is 4.90 Å². The van der Waals surface area contributed by atoms with Gasteiger partial charge in [0.25, 0.3) is 11.8 Å². The minimum atomic E-state index is -0.475. The van der Waals surface area contributed by atoms with Crippen LogP contribution in [-0.2, 0) is 26.6 Å². The van der Waals surface area contributed by atoms with Gasteiger partial charge in [-0.15, -0.1) is 0 Å². The summed E-state index contributed by atoms with van der Waals surface area (Å²) in [6.07, 6.45) is 4.30. The number of phenols is 1. The minimum absolute atomic E-state index is 0.0564. The number of pyridine rings is 1. The highest BCUT2D eigenvalue weighted by atomic mass is 19.1.